The molecule has 110 valence electrons. The Morgan fingerprint density at radius 2 is 2.05 bits per heavy atom. The van der Waals surface area contributed by atoms with Gasteiger partial charge in [-0.25, -0.2) is 4.79 Å². The van der Waals surface area contributed by atoms with Crippen LogP contribution in [0.2, 0.25) is 0 Å². The molecule has 0 aromatic heterocycles. The maximum atomic E-state index is 11.8. The summed E-state index contributed by atoms with van der Waals surface area (Å²) in [7, 11) is 0. The Labute approximate surface area is 120 Å². The predicted octanol–water partition coefficient (Wildman–Crippen LogP) is 2.92. The first-order chi connectivity index (χ1) is 9.67. The number of hydrogen-bond acceptors (Lipinski definition) is 2. The summed E-state index contributed by atoms with van der Waals surface area (Å²) in [4.78, 5) is 11.8. The number of anilines is 1. The van der Waals surface area contributed by atoms with E-state index in [2.05, 4.69) is 17.6 Å². The largest absolute Gasteiger partial charge is 0.393 e. The van der Waals surface area contributed by atoms with Gasteiger partial charge in [0.25, 0.3) is 0 Å². The highest BCUT2D eigenvalue weighted by molar-refractivity contribution is 5.89. The van der Waals surface area contributed by atoms with Crippen molar-refractivity contribution in [1.29, 1.82) is 0 Å². The minimum atomic E-state index is -0.194. The third kappa shape index (κ3) is 4.53. The van der Waals surface area contributed by atoms with Gasteiger partial charge in [0.1, 0.15) is 0 Å². The summed E-state index contributed by atoms with van der Waals surface area (Å²) in [6.07, 6.45) is 4.63. The molecule has 4 heteroatoms. The van der Waals surface area contributed by atoms with Crippen molar-refractivity contribution >= 4 is 11.7 Å². The number of urea groups is 1. The molecule has 3 N–H and O–H groups in total. The number of carbonyl (C=O) groups excluding carboxylic acids is 1. The zero-order chi connectivity index (χ0) is 14.4. The van der Waals surface area contributed by atoms with Gasteiger partial charge in [-0.05, 0) is 49.3 Å². The van der Waals surface area contributed by atoms with Crippen LogP contribution in [0, 0.1) is 5.92 Å². The molecule has 0 heterocycles. The molecule has 0 bridgehead atoms. The van der Waals surface area contributed by atoms with E-state index in [1.54, 1.807) is 0 Å². The first-order valence-electron chi connectivity index (χ1n) is 7.49. The Balaban J connectivity index is 1.74. The summed E-state index contributed by atoms with van der Waals surface area (Å²) in [5.74, 6) is 0.395. The summed E-state index contributed by atoms with van der Waals surface area (Å²) >= 11 is 0. The molecule has 20 heavy (non-hydrogen) atoms. The number of aliphatic hydroxyl groups is 1. The molecule has 2 unspecified atom stereocenters. The zero-order valence-corrected chi connectivity index (χ0v) is 12.1. The fraction of sp³-hybridized carbons (Fsp3) is 0.562. The first-order valence-corrected chi connectivity index (χ1v) is 7.49. The smallest absolute Gasteiger partial charge is 0.319 e. The Hall–Kier alpha value is -1.55. The number of benzene rings is 1. The van der Waals surface area contributed by atoms with E-state index in [1.807, 2.05) is 24.3 Å². The highest BCUT2D eigenvalue weighted by atomic mass is 16.3. The quantitative estimate of drug-likeness (QED) is 0.792. The molecule has 1 aliphatic rings. The second kappa shape index (κ2) is 7.29. The second-order valence-corrected chi connectivity index (χ2v) is 5.57. The molecule has 0 radical (unpaired) electrons. The van der Waals surface area contributed by atoms with Crippen LogP contribution >= 0.6 is 0 Å². The molecular formula is C16H24N2O2. The van der Waals surface area contributed by atoms with Crippen LogP contribution < -0.4 is 10.6 Å². The normalized spacial score (nSPS) is 22.3. The van der Waals surface area contributed by atoms with Gasteiger partial charge in [-0.15, -0.1) is 0 Å². The van der Waals surface area contributed by atoms with E-state index in [0.717, 1.165) is 37.8 Å². The lowest BCUT2D eigenvalue weighted by molar-refractivity contribution is 0.101. The zero-order valence-electron chi connectivity index (χ0n) is 12.1. The highest BCUT2D eigenvalue weighted by Crippen LogP contribution is 2.23. The van der Waals surface area contributed by atoms with Gasteiger partial charge < -0.3 is 15.7 Å². The average Bonchev–Trinajstić information content (AvgIpc) is 2.46. The molecule has 1 aromatic rings. The maximum absolute atomic E-state index is 11.8. The van der Waals surface area contributed by atoms with E-state index in [4.69, 9.17) is 0 Å². The number of carbonyl (C=O) groups is 1. The van der Waals surface area contributed by atoms with Crippen LogP contribution in [0.3, 0.4) is 0 Å². The Bertz CT molecular complexity index is 431. The van der Waals surface area contributed by atoms with Gasteiger partial charge in [0.2, 0.25) is 0 Å². The van der Waals surface area contributed by atoms with E-state index in [-0.39, 0.29) is 12.1 Å². The second-order valence-electron chi connectivity index (χ2n) is 5.57. The molecule has 2 atom stereocenters. The minimum Gasteiger partial charge on any atom is -0.393 e. The van der Waals surface area contributed by atoms with Crippen molar-refractivity contribution < 1.29 is 9.90 Å². The third-order valence-corrected chi connectivity index (χ3v) is 3.93. The number of amides is 2. The number of aliphatic hydroxyl groups excluding tert-OH is 1. The molecule has 2 rings (SSSR count). The Morgan fingerprint density at radius 1 is 1.30 bits per heavy atom. The van der Waals surface area contributed by atoms with Crippen molar-refractivity contribution in [3.8, 4) is 0 Å². The van der Waals surface area contributed by atoms with Crippen LogP contribution in [0.15, 0.2) is 24.3 Å². The fourth-order valence-electron chi connectivity index (χ4n) is 2.68. The average molecular weight is 276 g/mol. The molecule has 1 saturated carbocycles. The summed E-state index contributed by atoms with van der Waals surface area (Å²) < 4.78 is 0. The van der Waals surface area contributed by atoms with E-state index in [0.29, 0.717) is 12.5 Å². The van der Waals surface area contributed by atoms with Crippen LogP contribution in [0.5, 0.6) is 0 Å². The molecule has 1 aromatic carbocycles. The molecule has 4 nitrogen and oxygen atoms in total. The number of rotatable bonds is 4. The molecule has 0 aliphatic heterocycles. The minimum absolute atomic E-state index is 0.172. The van der Waals surface area contributed by atoms with Crippen molar-refractivity contribution in [2.24, 2.45) is 5.92 Å². The Morgan fingerprint density at radius 3 is 2.70 bits per heavy atom. The molecular weight excluding hydrogens is 252 g/mol. The van der Waals surface area contributed by atoms with Gasteiger partial charge in [-0.2, -0.15) is 0 Å². The van der Waals surface area contributed by atoms with Crippen molar-refractivity contribution in [2.75, 3.05) is 11.9 Å². The molecule has 2 amide bonds. The lowest BCUT2D eigenvalue weighted by Crippen LogP contribution is -2.35. The summed E-state index contributed by atoms with van der Waals surface area (Å²) in [6.45, 7) is 2.74. The van der Waals surface area contributed by atoms with Gasteiger partial charge >= 0.3 is 6.03 Å². The van der Waals surface area contributed by atoms with Crippen LogP contribution in [0.25, 0.3) is 0 Å². The topological polar surface area (TPSA) is 61.4 Å². The molecule has 0 spiro atoms. The summed E-state index contributed by atoms with van der Waals surface area (Å²) in [6, 6.07) is 7.71. The van der Waals surface area contributed by atoms with Gasteiger partial charge in [0.15, 0.2) is 0 Å². The predicted molar refractivity (Wildman–Crippen MR) is 80.8 cm³/mol. The van der Waals surface area contributed by atoms with Gasteiger partial charge in [-0.3, -0.25) is 0 Å². The standard InChI is InChI=1S/C16H24N2O2/c1-2-12-6-8-14(9-7-12)18-16(20)17-11-13-4-3-5-15(19)10-13/h6-9,13,15,19H,2-5,10-11H2,1H3,(H2,17,18,20). The van der Waals surface area contributed by atoms with Gasteiger partial charge in [-0.1, -0.05) is 25.5 Å². The van der Waals surface area contributed by atoms with Crippen molar-refractivity contribution in [3.05, 3.63) is 29.8 Å². The summed E-state index contributed by atoms with van der Waals surface area (Å²) in [5, 5.41) is 15.3. The monoisotopic (exact) mass is 276 g/mol. The SMILES string of the molecule is CCc1ccc(NC(=O)NCC2CCCC(O)C2)cc1. The number of aryl methyl sites for hydroxylation is 1. The lowest BCUT2D eigenvalue weighted by atomic mass is 9.87. The summed E-state index contributed by atoms with van der Waals surface area (Å²) in [5.41, 5.74) is 2.07. The van der Waals surface area contributed by atoms with Crippen molar-refractivity contribution in [2.45, 2.75) is 45.1 Å². The van der Waals surface area contributed by atoms with Gasteiger partial charge in [0.05, 0.1) is 6.10 Å². The van der Waals surface area contributed by atoms with Crippen LogP contribution in [-0.2, 0) is 6.42 Å². The number of hydrogen-bond donors (Lipinski definition) is 3. The highest BCUT2D eigenvalue weighted by Gasteiger charge is 2.20. The molecule has 1 fully saturated rings. The van der Waals surface area contributed by atoms with E-state index in [9.17, 15) is 9.90 Å². The van der Waals surface area contributed by atoms with Crippen LogP contribution in [0.1, 0.15) is 38.2 Å². The van der Waals surface area contributed by atoms with Gasteiger partial charge in [0, 0.05) is 12.2 Å². The van der Waals surface area contributed by atoms with E-state index >= 15 is 0 Å². The van der Waals surface area contributed by atoms with Crippen LogP contribution in [-0.4, -0.2) is 23.8 Å². The van der Waals surface area contributed by atoms with Crippen LogP contribution in [0.4, 0.5) is 10.5 Å². The van der Waals surface area contributed by atoms with E-state index < -0.39 is 0 Å². The number of nitrogens with one attached hydrogen (secondary N) is 2. The third-order valence-electron chi connectivity index (χ3n) is 3.93. The van der Waals surface area contributed by atoms with E-state index in [1.165, 1.54) is 5.56 Å². The lowest BCUT2D eigenvalue weighted by Gasteiger charge is -2.25. The molecule has 0 saturated heterocycles. The maximum Gasteiger partial charge on any atom is 0.319 e. The first kappa shape index (κ1) is 14.9. The van der Waals surface area contributed by atoms with Crippen molar-refractivity contribution in [3.63, 3.8) is 0 Å². The fourth-order valence-corrected chi connectivity index (χ4v) is 2.68. The Kier molecular flexibility index (Phi) is 5.41. The molecule has 1 aliphatic carbocycles. The van der Waals surface area contributed by atoms with Crippen molar-refractivity contribution in [1.82, 2.24) is 5.32 Å².